The molecule has 10 nitrogen and oxygen atoms in total. The molecule has 4 heterocycles. The largest absolute Gasteiger partial charge is 0.453 e. The number of aryl methyl sites for hydroxylation is 4. The predicted octanol–water partition coefficient (Wildman–Crippen LogP) is 6.63. The van der Waals surface area contributed by atoms with Crippen LogP contribution in [0.5, 0.6) is 0 Å². The van der Waals surface area contributed by atoms with Gasteiger partial charge in [0.2, 0.25) is 0 Å². The van der Waals surface area contributed by atoms with Crippen molar-refractivity contribution in [3.63, 3.8) is 0 Å². The van der Waals surface area contributed by atoms with Gasteiger partial charge in [-0.3, -0.25) is 0 Å². The Morgan fingerprint density at radius 1 is 0.700 bits per heavy atom. The standard InChI is InChI=1S/C40H42N6O4/c1-25-41-15-17-45(25)23-27-19-31-29-9-5-7-11-33(29)43(3)39(31)35(21-27)49-37(47)13-14-38(48)50-36-22-28(24-46-18-16-42-26(46)2)20-32-30-10-6-8-12-34(30)44(4)40(32)36/h5-18,27-28,35-36H,19-24H2,1-4H3/b14-13-. The highest BCUT2D eigenvalue weighted by molar-refractivity contribution is 5.92. The summed E-state index contributed by atoms with van der Waals surface area (Å²) in [6, 6.07) is 16.7. The number of para-hydroxylation sites is 2. The third kappa shape index (κ3) is 5.72. The Bertz CT molecular complexity index is 2110. The molecule has 4 aromatic heterocycles. The zero-order valence-electron chi connectivity index (χ0n) is 29.0. The number of fused-ring (bicyclic) bond motifs is 6. The molecule has 256 valence electrons. The minimum Gasteiger partial charge on any atom is -0.453 e. The zero-order chi connectivity index (χ0) is 34.5. The molecule has 2 aliphatic carbocycles. The number of carbonyl (C=O) groups excluding carboxylic acids is 2. The molecule has 4 unspecified atom stereocenters. The van der Waals surface area contributed by atoms with Crippen molar-refractivity contribution in [1.29, 1.82) is 0 Å². The number of hydrogen-bond donors (Lipinski definition) is 0. The van der Waals surface area contributed by atoms with Crippen molar-refractivity contribution in [1.82, 2.24) is 28.2 Å². The summed E-state index contributed by atoms with van der Waals surface area (Å²) >= 11 is 0. The molecule has 2 aromatic carbocycles. The number of carbonyl (C=O) groups is 2. The van der Waals surface area contributed by atoms with Gasteiger partial charge in [0.25, 0.3) is 0 Å². The van der Waals surface area contributed by atoms with Gasteiger partial charge in [-0.05, 0) is 74.6 Å². The minimum atomic E-state index is -0.565. The molecule has 2 aliphatic rings. The summed E-state index contributed by atoms with van der Waals surface area (Å²) in [5, 5.41) is 2.36. The molecule has 0 amide bonds. The molecule has 4 atom stereocenters. The van der Waals surface area contributed by atoms with Gasteiger partial charge in [0, 0.05) is 85.9 Å². The van der Waals surface area contributed by atoms with Crippen LogP contribution in [0.1, 0.15) is 59.2 Å². The normalized spacial score (nSPS) is 20.3. The second-order valence-corrected chi connectivity index (χ2v) is 13.9. The van der Waals surface area contributed by atoms with Crippen LogP contribution in [0.3, 0.4) is 0 Å². The van der Waals surface area contributed by atoms with Gasteiger partial charge in [0.05, 0.1) is 11.4 Å². The summed E-state index contributed by atoms with van der Waals surface area (Å²) in [6.07, 6.45) is 12.2. The molecule has 10 heteroatoms. The number of benzene rings is 2. The number of rotatable bonds is 8. The molecule has 0 fully saturated rings. The molecule has 0 saturated carbocycles. The molecule has 6 aromatic rings. The average Bonchev–Trinajstić information content (AvgIpc) is 3.86. The van der Waals surface area contributed by atoms with E-state index in [-0.39, 0.29) is 11.8 Å². The van der Waals surface area contributed by atoms with E-state index in [2.05, 4.69) is 64.6 Å². The van der Waals surface area contributed by atoms with Crippen LogP contribution < -0.4 is 0 Å². The quantitative estimate of drug-likeness (QED) is 0.133. The van der Waals surface area contributed by atoms with Crippen molar-refractivity contribution in [2.45, 2.75) is 64.8 Å². The summed E-state index contributed by atoms with van der Waals surface area (Å²) in [5.74, 6) is 1.28. The van der Waals surface area contributed by atoms with Gasteiger partial charge in [0.1, 0.15) is 23.9 Å². The highest BCUT2D eigenvalue weighted by Gasteiger charge is 2.36. The first-order chi connectivity index (χ1) is 24.2. The number of esters is 2. The molecular weight excluding hydrogens is 628 g/mol. The third-order valence-electron chi connectivity index (χ3n) is 10.8. The zero-order valence-corrected chi connectivity index (χ0v) is 29.0. The third-order valence-corrected chi connectivity index (χ3v) is 10.8. The lowest BCUT2D eigenvalue weighted by molar-refractivity contribution is -0.148. The van der Waals surface area contributed by atoms with Gasteiger partial charge >= 0.3 is 11.9 Å². The smallest absolute Gasteiger partial charge is 0.331 e. The van der Waals surface area contributed by atoms with Crippen molar-refractivity contribution >= 4 is 33.7 Å². The number of nitrogens with zero attached hydrogens (tertiary/aromatic N) is 6. The van der Waals surface area contributed by atoms with Crippen molar-refractivity contribution < 1.29 is 19.1 Å². The van der Waals surface area contributed by atoms with E-state index in [0.717, 1.165) is 60.0 Å². The molecule has 0 spiro atoms. The molecule has 0 bridgehead atoms. The Balaban J connectivity index is 1.02. The molecule has 0 saturated heterocycles. The summed E-state index contributed by atoms with van der Waals surface area (Å²) in [7, 11) is 4.06. The maximum atomic E-state index is 13.4. The van der Waals surface area contributed by atoms with Gasteiger partial charge < -0.3 is 27.7 Å². The minimum absolute atomic E-state index is 0.244. The van der Waals surface area contributed by atoms with Crippen LogP contribution in [0.4, 0.5) is 0 Å². The number of aromatic nitrogens is 6. The van der Waals surface area contributed by atoms with Crippen LogP contribution in [0, 0.1) is 25.7 Å². The molecular formula is C40H42N6O4. The van der Waals surface area contributed by atoms with E-state index in [4.69, 9.17) is 9.47 Å². The number of ether oxygens (including phenoxy) is 2. The van der Waals surface area contributed by atoms with Crippen LogP contribution in [-0.4, -0.2) is 40.2 Å². The Hall–Kier alpha value is -5.38. The predicted molar refractivity (Wildman–Crippen MR) is 190 cm³/mol. The van der Waals surface area contributed by atoms with Gasteiger partial charge in [0.15, 0.2) is 0 Å². The van der Waals surface area contributed by atoms with Crippen LogP contribution in [0.2, 0.25) is 0 Å². The lowest BCUT2D eigenvalue weighted by Crippen LogP contribution is -2.27. The SMILES string of the molecule is Cc1nccn1CC1Cc2c(n(C)c3ccccc23)C(OC(=O)/C=C\C(=O)OC2CC(Cn3ccnc3C)Cc3c2n(C)c2ccccc32)C1. The monoisotopic (exact) mass is 670 g/mol. The first-order valence-electron chi connectivity index (χ1n) is 17.4. The fourth-order valence-corrected chi connectivity index (χ4v) is 8.54. The second-order valence-electron chi connectivity index (χ2n) is 13.9. The summed E-state index contributed by atoms with van der Waals surface area (Å²) in [6.45, 7) is 5.57. The van der Waals surface area contributed by atoms with Crippen molar-refractivity contribution in [2.75, 3.05) is 0 Å². The van der Waals surface area contributed by atoms with Crippen molar-refractivity contribution in [3.05, 3.63) is 120 Å². The van der Waals surface area contributed by atoms with E-state index in [0.29, 0.717) is 12.8 Å². The van der Waals surface area contributed by atoms with E-state index in [1.165, 1.54) is 34.1 Å². The van der Waals surface area contributed by atoms with Gasteiger partial charge in [-0.1, -0.05) is 36.4 Å². The summed E-state index contributed by atoms with van der Waals surface area (Å²) < 4.78 is 20.9. The first kappa shape index (κ1) is 31.9. The van der Waals surface area contributed by atoms with Gasteiger partial charge in [-0.15, -0.1) is 0 Å². The number of hydrogen-bond acceptors (Lipinski definition) is 6. The Morgan fingerprint density at radius 3 is 1.52 bits per heavy atom. The van der Waals surface area contributed by atoms with E-state index in [9.17, 15) is 9.59 Å². The molecule has 0 aliphatic heterocycles. The van der Waals surface area contributed by atoms with Crippen LogP contribution in [0.15, 0.2) is 85.5 Å². The highest BCUT2D eigenvalue weighted by atomic mass is 16.5. The van der Waals surface area contributed by atoms with Crippen LogP contribution in [-0.2, 0) is 59.1 Å². The van der Waals surface area contributed by atoms with E-state index >= 15 is 0 Å². The van der Waals surface area contributed by atoms with Gasteiger partial charge in [-0.2, -0.15) is 0 Å². The van der Waals surface area contributed by atoms with Crippen LogP contribution in [0.25, 0.3) is 21.8 Å². The van der Waals surface area contributed by atoms with Gasteiger partial charge in [-0.25, -0.2) is 19.6 Å². The Kier molecular flexibility index (Phi) is 8.17. The fourth-order valence-electron chi connectivity index (χ4n) is 8.54. The second kappa shape index (κ2) is 12.8. The molecule has 0 radical (unpaired) electrons. The summed E-state index contributed by atoms with van der Waals surface area (Å²) in [5.41, 5.74) is 6.67. The topological polar surface area (TPSA) is 98.1 Å². The van der Waals surface area contributed by atoms with E-state index in [1.54, 1.807) is 0 Å². The van der Waals surface area contributed by atoms with Crippen molar-refractivity contribution in [2.24, 2.45) is 25.9 Å². The summed E-state index contributed by atoms with van der Waals surface area (Å²) in [4.78, 5) is 35.6. The Labute approximate surface area is 290 Å². The Morgan fingerprint density at radius 2 is 1.12 bits per heavy atom. The number of imidazole rings is 2. The van der Waals surface area contributed by atoms with E-state index < -0.39 is 24.1 Å². The molecule has 8 rings (SSSR count). The molecule has 50 heavy (non-hydrogen) atoms. The lowest BCUT2D eigenvalue weighted by atomic mass is 9.84. The first-order valence-corrected chi connectivity index (χ1v) is 17.4. The lowest BCUT2D eigenvalue weighted by Gasteiger charge is -2.31. The maximum Gasteiger partial charge on any atom is 0.331 e. The fraction of sp³-hybridized carbons (Fsp3) is 0.350. The van der Waals surface area contributed by atoms with Crippen molar-refractivity contribution in [3.8, 4) is 0 Å². The van der Waals surface area contributed by atoms with Crippen LogP contribution >= 0.6 is 0 Å². The van der Waals surface area contributed by atoms with E-state index in [1.807, 2.05) is 64.9 Å². The maximum absolute atomic E-state index is 13.4. The molecule has 0 N–H and O–H groups in total. The highest BCUT2D eigenvalue weighted by Crippen LogP contribution is 2.43. The average molecular weight is 671 g/mol.